The van der Waals surface area contributed by atoms with E-state index in [0.717, 1.165) is 5.56 Å². The zero-order valence-corrected chi connectivity index (χ0v) is 13.9. The quantitative estimate of drug-likeness (QED) is 0.792. The lowest BCUT2D eigenvalue weighted by Gasteiger charge is -2.24. The lowest BCUT2D eigenvalue weighted by molar-refractivity contribution is -0.0503. The van der Waals surface area contributed by atoms with Crippen LogP contribution in [0.15, 0.2) is 22.7 Å². The first-order valence-electron chi connectivity index (χ1n) is 6.26. The lowest BCUT2D eigenvalue weighted by atomic mass is 10.2. The van der Waals surface area contributed by atoms with Crippen molar-refractivity contribution in [3.8, 4) is 5.75 Å². The molecular formula is C14H18BrF2NO3. The minimum Gasteiger partial charge on any atom is -0.444 e. The Labute approximate surface area is 131 Å². The number of hydrogen-bond acceptors (Lipinski definition) is 3. The van der Waals surface area contributed by atoms with E-state index in [9.17, 15) is 13.6 Å². The highest BCUT2D eigenvalue weighted by Crippen LogP contribution is 2.28. The van der Waals surface area contributed by atoms with Crippen LogP contribution in [0, 0.1) is 0 Å². The molecule has 0 saturated heterocycles. The summed E-state index contributed by atoms with van der Waals surface area (Å²) >= 11 is 3.16. The molecule has 1 rings (SSSR count). The van der Waals surface area contributed by atoms with Crippen LogP contribution < -0.4 is 4.74 Å². The van der Waals surface area contributed by atoms with E-state index < -0.39 is 18.3 Å². The van der Waals surface area contributed by atoms with Crippen LogP contribution in [0.3, 0.4) is 0 Å². The number of rotatable bonds is 4. The average Bonchev–Trinajstić information content (AvgIpc) is 2.30. The predicted molar refractivity (Wildman–Crippen MR) is 78.5 cm³/mol. The second kappa shape index (κ2) is 7.06. The van der Waals surface area contributed by atoms with Crippen molar-refractivity contribution in [2.24, 2.45) is 0 Å². The van der Waals surface area contributed by atoms with Gasteiger partial charge in [0, 0.05) is 13.6 Å². The van der Waals surface area contributed by atoms with E-state index in [4.69, 9.17) is 4.74 Å². The van der Waals surface area contributed by atoms with Crippen LogP contribution in [0.1, 0.15) is 26.3 Å². The first-order chi connectivity index (χ1) is 9.58. The number of benzene rings is 1. The fourth-order valence-corrected chi connectivity index (χ4v) is 2.03. The third-order valence-electron chi connectivity index (χ3n) is 2.34. The number of nitrogens with zero attached hydrogens (tertiary/aromatic N) is 1. The van der Waals surface area contributed by atoms with Crippen LogP contribution in [-0.4, -0.2) is 30.3 Å². The SMILES string of the molecule is CN(Cc1ccc(OC(F)F)c(Br)c1)C(=O)OC(C)(C)C. The molecule has 0 spiro atoms. The fourth-order valence-electron chi connectivity index (χ4n) is 1.51. The molecule has 0 atom stereocenters. The molecule has 0 aliphatic rings. The molecule has 0 bridgehead atoms. The molecule has 0 aliphatic carbocycles. The van der Waals surface area contributed by atoms with Crippen LogP contribution in [-0.2, 0) is 11.3 Å². The number of amides is 1. The van der Waals surface area contributed by atoms with Crippen molar-refractivity contribution >= 4 is 22.0 Å². The van der Waals surface area contributed by atoms with Crippen molar-refractivity contribution in [3.05, 3.63) is 28.2 Å². The topological polar surface area (TPSA) is 38.8 Å². The van der Waals surface area contributed by atoms with Gasteiger partial charge < -0.3 is 14.4 Å². The molecule has 0 fully saturated rings. The van der Waals surface area contributed by atoms with E-state index in [2.05, 4.69) is 20.7 Å². The van der Waals surface area contributed by atoms with Gasteiger partial charge in [0.2, 0.25) is 0 Å². The molecule has 1 amide bonds. The highest BCUT2D eigenvalue weighted by atomic mass is 79.9. The van der Waals surface area contributed by atoms with E-state index in [1.165, 1.54) is 11.0 Å². The minimum atomic E-state index is -2.88. The molecule has 0 N–H and O–H groups in total. The number of halogens is 3. The van der Waals surface area contributed by atoms with Crippen LogP contribution in [0.4, 0.5) is 13.6 Å². The van der Waals surface area contributed by atoms with Crippen LogP contribution >= 0.6 is 15.9 Å². The summed E-state index contributed by atoms with van der Waals surface area (Å²) in [7, 11) is 1.60. The van der Waals surface area contributed by atoms with E-state index in [1.807, 2.05) is 0 Å². The number of ether oxygens (including phenoxy) is 2. The summed E-state index contributed by atoms with van der Waals surface area (Å²) in [5, 5.41) is 0. The molecule has 118 valence electrons. The van der Waals surface area contributed by atoms with Gasteiger partial charge in [0.25, 0.3) is 0 Å². The second-order valence-corrected chi connectivity index (χ2v) is 6.33. The van der Waals surface area contributed by atoms with E-state index in [1.54, 1.807) is 40.0 Å². The van der Waals surface area contributed by atoms with Gasteiger partial charge in [-0.1, -0.05) is 6.07 Å². The van der Waals surface area contributed by atoms with Crippen LogP contribution in [0.2, 0.25) is 0 Å². The van der Waals surface area contributed by atoms with Gasteiger partial charge in [-0.3, -0.25) is 0 Å². The largest absolute Gasteiger partial charge is 0.444 e. The van der Waals surface area contributed by atoms with Crippen molar-refractivity contribution in [2.75, 3.05) is 7.05 Å². The Morgan fingerprint density at radius 3 is 2.48 bits per heavy atom. The van der Waals surface area contributed by atoms with Gasteiger partial charge in [0.1, 0.15) is 11.4 Å². The zero-order chi connectivity index (χ0) is 16.2. The van der Waals surface area contributed by atoms with Gasteiger partial charge in [0.15, 0.2) is 0 Å². The van der Waals surface area contributed by atoms with E-state index >= 15 is 0 Å². The Morgan fingerprint density at radius 2 is 2.00 bits per heavy atom. The summed E-state index contributed by atoms with van der Waals surface area (Å²) in [6.07, 6.45) is -0.452. The number of carbonyl (C=O) groups is 1. The first-order valence-corrected chi connectivity index (χ1v) is 7.05. The molecular weight excluding hydrogens is 348 g/mol. The summed E-state index contributed by atoms with van der Waals surface area (Å²) in [6.45, 7) is 2.77. The highest BCUT2D eigenvalue weighted by Gasteiger charge is 2.20. The van der Waals surface area contributed by atoms with Crippen molar-refractivity contribution < 1.29 is 23.0 Å². The van der Waals surface area contributed by atoms with Gasteiger partial charge in [-0.25, -0.2) is 4.79 Å². The number of hydrogen-bond donors (Lipinski definition) is 0. The van der Waals surface area contributed by atoms with Crippen molar-refractivity contribution in [2.45, 2.75) is 39.5 Å². The van der Waals surface area contributed by atoms with Crippen molar-refractivity contribution in [1.82, 2.24) is 4.90 Å². The summed E-state index contributed by atoms with van der Waals surface area (Å²) < 4.78 is 34.3. The lowest BCUT2D eigenvalue weighted by Crippen LogP contribution is -2.33. The molecule has 21 heavy (non-hydrogen) atoms. The van der Waals surface area contributed by atoms with E-state index in [0.29, 0.717) is 11.0 Å². The molecule has 1 aromatic rings. The van der Waals surface area contributed by atoms with Gasteiger partial charge in [-0.05, 0) is 54.4 Å². The smallest absolute Gasteiger partial charge is 0.410 e. The first kappa shape index (κ1) is 17.7. The third kappa shape index (κ3) is 6.29. The maximum Gasteiger partial charge on any atom is 0.410 e. The second-order valence-electron chi connectivity index (χ2n) is 5.48. The van der Waals surface area contributed by atoms with Gasteiger partial charge in [0.05, 0.1) is 4.47 Å². The van der Waals surface area contributed by atoms with Gasteiger partial charge in [-0.2, -0.15) is 8.78 Å². The molecule has 0 unspecified atom stereocenters. The molecule has 0 aromatic heterocycles. The zero-order valence-electron chi connectivity index (χ0n) is 12.3. The summed E-state index contributed by atoms with van der Waals surface area (Å²) in [5.41, 5.74) is 0.192. The Hall–Kier alpha value is -1.37. The molecule has 7 heteroatoms. The standard InChI is InChI=1S/C14H18BrF2NO3/c1-14(2,3)21-13(19)18(4)8-9-5-6-11(10(15)7-9)20-12(16)17/h5-7,12H,8H2,1-4H3. The molecule has 0 saturated carbocycles. The normalized spacial score (nSPS) is 11.4. The Balaban J connectivity index is 2.71. The van der Waals surface area contributed by atoms with Crippen LogP contribution in [0.25, 0.3) is 0 Å². The van der Waals surface area contributed by atoms with Gasteiger partial charge in [-0.15, -0.1) is 0 Å². The Bertz CT molecular complexity index is 503. The third-order valence-corrected chi connectivity index (χ3v) is 2.96. The maximum atomic E-state index is 12.2. The molecule has 4 nitrogen and oxygen atoms in total. The monoisotopic (exact) mass is 365 g/mol. The number of carbonyl (C=O) groups excluding carboxylic acids is 1. The summed E-state index contributed by atoms with van der Waals surface area (Å²) in [5.74, 6) is 0.0497. The summed E-state index contributed by atoms with van der Waals surface area (Å²) in [4.78, 5) is 13.2. The maximum absolute atomic E-state index is 12.2. The Morgan fingerprint density at radius 1 is 1.38 bits per heavy atom. The van der Waals surface area contributed by atoms with Crippen molar-refractivity contribution in [1.29, 1.82) is 0 Å². The fraction of sp³-hybridized carbons (Fsp3) is 0.500. The molecule has 1 aromatic carbocycles. The minimum absolute atomic E-state index is 0.0497. The predicted octanol–water partition coefficient (Wildman–Crippen LogP) is 4.42. The highest BCUT2D eigenvalue weighted by molar-refractivity contribution is 9.10. The molecule has 0 heterocycles. The summed E-state index contributed by atoms with van der Waals surface area (Å²) in [6, 6.07) is 4.66. The molecule has 0 aliphatic heterocycles. The Kier molecular flexibility index (Phi) is 5.95. The number of alkyl halides is 2. The van der Waals surface area contributed by atoms with Gasteiger partial charge >= 0.3 is 12.7 Å². The molecule has 0 radical (unpaired) electrons. The average molecular weight is 366 g/mol. The van der Waals surface area contributed by atoms with Crippen molar-refractivity contribution in [3.63, 3.8) is 0 Å². The van der Waals surface area contributed by atoms with E-state index in [-0.39, 0.29) is 5.75 Å². The van der Waals surface area contributed by atoms with Crippen LogP contribution in [0.5, 0.6) is 5.75 Å².